The normalized spacial score (nSPS) is 26.2. The number of rotatable bonds is 4. The van der Waals surface area contributed by atoms with E-state index in [-0.39, 0.29) is 6.61 Å². The van der Waals surface area contributed by atoms with E-state index in [0.29, 0.717) is 0 Å². The van der Waals surface area contributed by atoms with Crippen LogP contribution in [-0.2, 0) is 19.1 Å². The van der Waals surface area contributed by atoms with Gasteiger partial charge in [0.15, 0.2) is 5.79 Å². The minimum atomic E-state index is -1.55. The van der Waals surface area contributed by atoms with Gasteiger partial charge >= 0.3 is 5.97 Å². The maximum atomic E-state index is 10.8. The molecule has 0 aromatic heterocycles. The van der Waals surface area contributed by atoms with Crippen LogP contribution in [0.1, 0.15) is 20.3 Å². The van der Waals surface area contributed by atoms with Gasteiger partial charge in [-0.05, 0) is 13.8 Å². The summed E-state index contributed by atoms with van der Waals surface area (Å²) in [7, 11) is 0. The van der Waals surface area contributed by atoms with Gasteiger partial charge in [-0.25, -0.2) is 4.79 Å². The van der Waals surface area contributed by atoms with Crippen LogP contribution in [0.2, 0.25) is 0 Å². The minimum absolute atomic E-state index is 0.154. The second-order valence-corrected chi connectivity index (χ2v) is 3.87. The average Bonchev–Trinajstić information content (AvgIpc) is 2.45. The highest BCUT2D eigenvalue weighted by atomic mass is 16.7. The van der Waals surface area contributed by atoms with Gasteiger partial charge in [0.25, 0.3) is 0 Å². The van der Waals surface area contributed by atoms with E-state index in [1.165, 1.54) is 0 Å². The highest BCUT2D eigenvalue weighted by molar-refractivity contribution is 6.32. The van der Waals surface area contributed by atoms with E-state index in [0.717, 1.165) is 0 Å². The lowest BCUT2D eigenvalue weighted by molar-refractivity contribution is -0.157. The van der Waals surface area contributed by atoms with Gasteiger partial charge in [0, 0.05) is 6.42 Å². The number of ether oxygens (including phenoxy) is 2. The summed E-state index contributed by atoms with van der Waals surface area (Å²) in [6.07, 6.45) is -2.25. The van der Waals surface area contributed by atoms with Crippen LogP contribution in [0.3, 0.4) is 0 Å². The zero-order chi connectivity index (χ0) is 11.6. The largest absolute Gasteiger partial charge is 0.475 e. The number of Topliss-reactive ketones (excluding diaryl/α,β-unsaturated/α-hetero) is 1. The first-order valence-electron chi connectivity index (χ1n) is 4.58. The molecule has 15 heavy (non-hydrogen) atoms. The van der Waals surface area contributed by atoms with E-state index in [1.54, 1.807) is 13.8 Å². The van der Waals surface area contributed by atoms with Crippen LogP contribution in [0.15, 0.2) is 0 Å². The van der Waals surface area contributed by atoms with Crippen molar-refractivity contribution in [2.24, 2.45) is 0 Å². The number of aliphatic hydroxyl groups excluding tert-OH is 1. The third kappa shape index (κ3) is 3.26. The first-order chi connectivity index (χ1) is 6.82. The van der Waals surface area contributed by atoms with Crippen LogP contribution < -0.4 is 0 Å². The Kier molecular flexibility index (Phi) is 3.43. The molecule has 2 atom stereocenters. The molecule has 0 bridgehead atoms. The number of carboxylic acids is 1. The van der Waals surface area contributed by atoms with Gasteiger partial charge in [-0.15, -0.1) is 0 Å². The predicted octanol–water partition coefficient (Wildman–Crippen LogP) is -0.457. The number of carboxylic acid groups (broad SMARTS) is 1. The predicted molar refractivity (Wildman–Crippen MR) is 48.2 cm³/mol. The number of aliphatic carboxylic acids is 1. The second kappa shape index (κ2) is 4.26. The Morgan fingerprint density at radius 2 is 2.13 bits per heavy atom. The van der Waals surface area contributed by atoms with Crippen molar-refractivity contribution in [2.45, 2.75) is 38.3 Å². The highest BCUT2D eigenvalue weighted by Crippen LogP contribution is 2.25. The number of hydrogen-bond donors (Lipinski definition) is 2. The standard InChI is InChI=1S/C9H14O6/c1-9(2)14-4-7(15-9)5(10)3-6(11)8(12)13/h5,7,10H,3-4H2,1-2H3,(H,12,13)/t5-,7-/m0/s1. The summed E-state index contributed by atoms with van der Waals surface area (Å²) in [5, 5.41) is 17.9. The molecule has 0 aromatic rings. The number of carbonyl (C=O) groups is 2. The second-order valence-electron chi connectivity index (χ2n) is 3.87. The third-order valence-corrected chi connectivity index (χ3v) is 2.09. The maximum absolute atomic E-state index is 10.8. The molecule has 0 amide bonds. The summed E-state index contributed by atoms with van der Waals surface area (Å²) in [5.41, 5.74) is 0. The van der Waals surface area contributed by atoms with Crippen molar-refractivity contribution >= 4 is 11.8 Å². The number of carbonyl (C=O) groups excluding carboxylic acids is 1. The highest BCUT2D eigenvalue weighted by Gasteiger charge is 2.37. The Hall–Kier alpha value is -0.980. The number of aliphatic hydroxyl groups is 1. The molecule has 1 heterocycles. The molecule has 0 spiro atoms. The molecule has 6 nitrogen and oxygen atoms in total. The molecule has 1 saturated heterocycles. The maximum Gasteiger partial charge on any atom is 0.372 e. The van der Waals surface area contributed by atoms with Crippen LogP contribution in [0.4, 0.5) is 0 Å². The van der Waals surface area contributed by atoms with Crippen molar-refractivity contribution in [2.75, 3.05) is 6.61 Å². The SMILES string of the molecule is CC1(C)OC[C@@H]([C@@H](O)CC(=O)C(=O)O)O1. The van der Waals surface area contributed by atoms with Gasteiger partial charge in [-0.1, -0.05) is 0 Å². The topological polar surface area (TPSA) is 93.1 Å². The smallest absolute Gasteiger partial charge is 0.372 e. The van der Waals surface area contributed by atoms with E-state index < -0.39 is 36.2 Å². The van der Waals surface area contributed by atoms with Crippen molar-refractivity contribution in [1.29, 1.82) is 0 Å². The van der Waals surface area contributed by atoms with Gasteiger partial charge in [0.1, 0.15) is 6.10 Å². The van der Waals surface area contributed by atoms with E-state index in [4.69, 9.17) is 14.6 Å². The molecule has 6 heteroatoms. The van der Waals surface area contributed by atoms with Crippen LogP contribution in [0.5, 0.6) is 0 Å². The molecule has 86 valence electrons. The average molecular weight is 218 g/mol. The summed E-state index contributed by atoms with van der Waals surface area (Å²) < 4.78 is 10.4. The van der Waals surface area contributed by atoms with Gasteiger partial charge in [0.2, 0.25) is 5.78 Å². The third-order valence-electron chi connectivity index (χ3n) is 2.09. The fourth-order valence-electron chi connectivity index (χ4n) is 1.31. The zero-order valence-electron chi connectivity index (χ0n) is 8.60. The summed E-state index contributed by atoms with van der Waals surface area (Å²) in [5.74, 6) is -3.37. The van der Waals surface area contributed by atoms with Crippen molar-refractivity contribution in [1.82, 2.24) is 0 Å². The monoisotopic (exact) mass is 218 g/mol. The fraction of sp³-hybridized carbons (Fsp3) is 0.778. The minimum Gasteiger partial charge on any atom is -0.475 e. The molecule has 1 rings (SSSR count). The summed E-state index contributed by atoms with van der Waals surface area (Å²) in [6.45, 7) is 3.51. The summed E-state index contributed by atoms with van der Waals surface area (Å²) >= 11 is 0. The molecule has 0 saturated carbocycles. The van der Waals surface area contributed by atoms with Gasteiger partial charge in [-0.2, -0.15) is 0 Å². The van der Waals surface area contributed by atoms with E-state index in [2.05, 4.69) is 0 Å². The number of hydrogen-bond acceptors (Lipinski definition) is 5. The summed E-state index contributed by atoms with van der Waals surface area (Å²) in [4.78, 5) is 21.1. The van der Waals surface area contributed by atoms with Crippen LogP contribution in [-0.4, -0.2) is 46.6 Å². The van der Waals surface area contributed by atoms with Crippen molar-refractivity contribution in [3.8, 4) is 0 Å². The molecule has 2 N–H and O–H groups in total. The lowest BCUT2D eigenvalue weighted by atomic mass is 10.1. The molecule has 0 radical (unpaired) electrons. The van der Waals surface area contributed by atoms with Gasteiger partial charge < -0.3 is 19.7 Å². The van der Waals surface area contributed by atoms with E-state index in [1.807, 2.05) is 0 Å². The Balaban J connectivity index is 2.45. The first-order valence-corrected chi connectivity index (χ1v) is 4.58. The van der Waals surface area contributed by atoms with Crippen LogP contribution >= 0.6 is 0 Å². The quantitative estimate of drug-likeness (QED) is 0.620. The lowest BCUT2D eigenvalue weighted by Crippen LogP contribution is -2.33. The Bertz CT molecular complexity index is 272. The Labute approximate surface area is 86.8 Å². The van der Waals surface area contributed by atoms with Gasteiger partial charge in [0.05, 0.1) is 12.7 Å². The molecule has 1 aliphatic heterocycles. The first kappa shape index (κ1) is 12.1. The molecule has 1 aliphatic rings. The fourth-order valence-corrected chi connectivity index (χ4v) is 1.31. The lowest BCUT2D eigenvalue weighted by Gasteiger charge is -2.19. The van der Waals surface area contributed by atoms with Crippen molar-refractivity contribution in [3.63, 3.8) is 0 Å². The van der Waals surface area contributed by atoms with Crippen molar-refractivity contribution < 1.29 is 29.3 Å². The number of ketones is 1. The van der Waals surface area contributed by atoms with Crippen LogP contribution in [0, 0.1) is 0 Å². The zero-order valence-corrected chi connectivity index (χ0v) is 8.60. The van der Waals surface area contributed by atoms with Crippen LogP contribution in [0.25, 0.3) is 0 Å². The van der Waals surface area contributed by atoms with E-state index >= 15 is 0 Å². The van der Waals surface area contributed by atoms with Gasteiger partial charge in [-0.3, -0.25) is 4.79 Å². The molecule has 0 aliphatic carbocycles. The van der Waals surface area contributed by atoms with Crippen molar-refractivity contribution in [3.05, 3.63) is 0 Å². The molecule has 0 aromatic carbocycles. The molecular weight excluding hydrogens is 204 g/mol. The Morgan fingerprint density at radius 3 is 2.53 bits per heavy atom. The Morgan fingerprint density at radius 1 is 1.53 bits per heavy atom. The molecular formula is C9H14O6. The van der Waals surface area contributed by atoms with E-state index in [9.17, 15) is 14.7 Å². The molecule has 0 unspecified atom stereocenters. The molecule has 1 fully saturated rings. The summed E-state index contributed by atoms with van der Waals surface area (Å²) in [6, 6.07) is 0.